The molecule has 0 radical (unpaired) electrons. The topological polar surface area (TPSA) is 65.2 Å². The number of nitrogens with zero attached hydrogens (tertiary/aromatic N) is 2. The first-order chi connectivity index (χ1) is 16.0. The lowest BCUT2D eigenvalue weighted by Crippen LogP contribution is -2.26. The molecule has 4 aromatic rings. The molecular weight excluding hydrogens is 432 g/mol. The van der Waals surface area contributed by atoms with Gasteiger partial charge in [-0.1, -0.05) is 60.1 Å². The van der Waals surface area contributed by atoms with Crippen molar-refractivity contribution in [2.75, 3.05) is 0 Å². The molecule has 0 amide bonds. The molecule has 4 aromatic carbocycles. The van der Waals surface area contributed by atoms with Crippen LogP contribution < -0.4 is 0 Å². The van der Waals surface area contributed by atoms with Gasteiger partial charge in [0, 0.05) is 16.2 Å². The quantitative estimate of drug-likeness (QED) is 0.340. The first kappa shape index (κ1) is 21.0. The van der Waals surface area contributed by atoms with Crippen molar-refractivity contribution in [2.24, 2.45) is 10.2 Å². The summed E-state index contributed by atoms with van der Waals surface area (Å²) in [4.78, 5) is 0. The van der Waals surface area contributed by atoms with Crippen molar-refractivity contribution in [2.45, 2.75) is 12.5 Å². The van der Waals surface area contributed by atoms with Gasteiger partial charge in [0.25, 0.3) is 0 Å². The third kappa shape index (κ3) is 3.59. The average Bonchev–Trinajstić information content (AvgIpc) is 3.21. The van der Waals surface area contributed by atoms with Crippen LogP contribution in [0.3, 0.4) is 0 Å². The Hall–Kier alpha value is -3.89. The molecule has 5 heteroatoms. The Morgan fingerprint density at radius 3 is 2.00 bits per heavy atom. The zero-order valence-corrected chi connectivity index (χ0v) is 18.7. The van der Waals surface area contributed by atoms with Crippen LogP contribution in [0.15, 0.2) is 107 Å². The first-order valence-corrected chi connectivity index (χ1v) is 11.0. The fourth-order valence-corrected chi connectivity index (χ4v) is 4.68. The molecule has 1 aliphatic rings. The molecular formula is C28H21ClN2O2. The highest BCUT2D eigenvalue weighted by molar-refractivity contribution is 6.30. The van der Waals surface area contributed by atoms with Crippen LogP contribution >= 0.6 is 11.6 Å². The fourth-order valence-electron chi connectivity index (χ4n) is 4.45. The van der Waals surface area contributed by atoms with E-state index in [1.807, 2.05) is 79.7 Å². The van der Waals surface area contributed by atoms with E-state index in [2.05, 4.69) is 0 Å². The Kier molecular flexibility index (Phi) is 5.23. The second-order valence-electron chi connectivity index (χ2n) is 8.05. The third-order valence-electron chi connectivity index (χ3n) is 5.97. The number of phenols is 2. The maximum Gasteiger partial charge on any atom is 0.160 e. The lowest BCUT2D eigenvalue weighted by atomic mass is 9.73. The van der Waals surface area contributed by atoms with Crippen molar-refractivity contribution in [3.8, 4) is 11.5 Å². The summed E-state index contributed by atoms with van der Waals surface area (Å²) in [6.07, 6.45) is 0. The van der Waals surface area contributed by atoms with Crippen molar-refractivity contribution < 1.29 is 10.2 Å². The summed E-state index contributed by atoms with van der Waals surface area (Å²) in [5.41, 5.74) is 5.34. The predicted molar refractivity (Wildman–Crippen MR) is 131 cm³/mol. The van der Waals surface area contributed by atoms with E-state index in [1.165, 1.54) is 0 Å². The van der Waals surface area contributed by atoms with E-state index in [-0.39, 0.29) is 11.5 Å². The summed E-state index contributed by atoms with van der Waals surface area (Å²) in [5, 5.41) is 30.1. The standard InChI is InChI=1S/C28H21ClN2O2/c1-18-17-22(29)11-16-25(18)28(21-9-14-24(33)15-10-21)26(19-5-3-2-4-6-19)27(30-31-28)20-7-12-23(32)13-8-20/h2-17,32-33H,1H3. The second-order valence-corrected chi connectivity index (χ2v) is 8.49. The van der Waals surface area contributed by atoms with Crippen molar-refractivity contribution in [1.82, 2.24) is 0 Å². The molecule has 0 spiro atoms. The van der Waals surface area contributed by atoms with Crippen LogP contribution in [0.4, 0.5) is 0 Å². The van der Waals surface area contributed by atoms with E-state index in [0.717, 1.165) is 39.1 Å². The summed E-state index contributed by atoms with van der Waals surface area (Å²) in [6.45, 7) is 2.01. The normalized spacial score (nSPS) is 17.5. The number of rotatable bonds is 4. The molecule has 1 unspecified atom stereocenters. The highest BCUT2D eigenvalue weighted by Gasteiger charge is 2.46. The van der Waals surface area contributed by atoms with Gasteiger partial charge in [-0.2, -0.15) is 10.2 Å². The van der Waals surface area contributed by atoms with Crippen LogP contribution in [0.25, 0.3) is 11.3 Å². The second kappa shape index (κ2) is 8.23. The maximum absolute atomic E-state index is 9.98. The minimum atomic E-state index is -0.947. The van der Waals surface area contributed by atoms with Gasteiger partial charge in [-0.15, -0.1) is 0 Å². The molecule has 0 bridgehead atoms. The number of hydrogen-bond acceptors (Lipinski definition) is 4. The van der Waals surface area contributed by atoms with Crippen molar-refractivity contribution in [1.29, 1.82) is 0 Å². The van der Waals surface area contributed by atoms with Gasteiger partial charge in [-0.3, -0.25) is 0 Å². The number of aromatic hydroxyl groups is 2. The van der Waals surface area contributed by atoms with Crippen LogP contribution in [0.1, 0.15) is 27.8 Å². The number of halogens is 1. The summed E-state index contributed by atoms with van der Waals surface area (Å²) < 4.78 is 0. The Morgan fingerprint density at radius 2 is 1.36 bits per heavy atom. The summed E-state index contributed by atoms with van der Waals surface area (Å²) in [7, 11) is 0. The third-order valence-corrected chi connectivity index (χ3v) is 6.20. The summed E-state index contributed by atoms with van der Waals surface area (Å²) in [5.74, 6) is 0.370. The number of hydrogen-bond donors (Lipinski definition) is 2. The van der Waals surface area contributed by atoms with Crippen LogP contribution in [0.2, 0.25) is 5.02 Å². The molecule has 0 aromatic heterocycles. The Morgan fingerprint density at radius 1 is 0.727 bits per heavy atom. The van der Waals surface area contributed by atoms with Crippen LogP contribution in [0, 0.1) is 6.92 Å². The predicted octanol–water partition coefficient (Wildman–Crippen LogP) is 7.34. The van der Waals surface area contributed by atoms with E-state index in [1.54, 1.807) is 24.3 Å². The molecule has 162 valence electrons. The Balaban J connectivity index is 1.89. The van der Waals surface area contributed by atoms with E-state index in [0.29, 0.717) is 5.02 Å². The monoisotopic (exact) mass is 452 g/mol. The Bertz CT molecular complexity index is 1380. The maximum atomic E-state index is 9.98. The van der Waals surface area contributed by atoms with E-state index < -0.39 is 5.54 Å². The molecule has 0 saturated carbocycles. The molecule has 0 fully saturated rings. The average molecular weight is 453 g/mol. The number of benzene rings is 4. The molecule has 2 N–H and O–H groups in total. The zero-order chi connectivity index (χ0) is 23.0. The SMILES string of the molecule is Cc1cc(Cl)ccc1C1(c2ccc(O)cc2)N=NC(c2ccc(O)cc2)=C1c1ccccc1. The minimum absolute atomic E-state index is 0.181. The van der Waals surface area contributed by atoms with Crippen molar-refractivity contribution in [3.05, 3.63) is 130 Å². The van der Waals surface area contributed by atoms with Crippen molar-refractivity contribution in [3.63, 3.8) is 0 Å². The van der Waals surface area contributed by atoms with Crippen LogP contribution in [-0.4, -0.2) is 10.2 Å². The zero-order valence-electron chi connectivity index (χ0n) is 17.9. The lowest BCUT2D eigenvalue weighted by Gasteiger charge is -2.31. The van der Waals surface area contributed by atoms with Gasteiger partial charge >= 0.3 is 0 Å². The van der Waals surface area contributed by atoms with E-state index in [4.69, 9.17) is 21.8 Å². The van der Waals surface area contributed by atoms with E-state index in [9.17, 15) is 10.2 Å². The molecule has 4 nitrogen and oxygen atoms in total. The Labute approximate surface area is 197 Å². The van der Waals surface area contributed by atoms with Crippen LogP contribution in [-0.2, 0) is 5.54 Å². The number of phenolic OH excluding ortho intramolecular Hbond substituents is 2. The molecule has 5 rings (SSSR count). The molecule has 33 heavy (non-hydrogen) atoms. The highest BCUT2D eigenvalue weighted by atomic mass is 35.5. The van der Waals surface area contributed by atoms with Gasteiger partial charge in [0.15, 0.2) is 5.54 Å². The largest absolute Gasteiger partial charge is 0.508 e. The molecule has 1 aliphatic heterocycles. The number of azo groups is 1. The summed E-state index contributed by atoms with van der Waals surface area (Å²) in [6, 6.07) is 29.9. The summed E-state index contributed by atoms with van der Waals surface area (Å²) >= 11 is 6.31. The fraction of sp³-hybridized carbons (Fsp3) is 0.0714. The molecule has 1 atom stereocenters. The highest BCUT2D eigenvalue weighted by Crippen LogP contribution is 2.54. The lowest BCUT2D eigenvalue weighted by molar-refractivity contribution is 0.474. The van der Waals surface area contributed by atoms with E-state index >= 15 is 0 Å². The first-order valence-electron chi connectivity index (χ1n) is 10.6. The smallest absolute Gasteiger partial charge is 0.160 e. The van der Waals surface area contributed by atoms with Gasteiger partial charge in [-0.05, 0) is 77.7 Å². The van der Waals surface area contributed by atoms with Gasteiger partial charge in [0.1, 0.15) is 11.5 Å². The number of aryl methyl sites for hydroxylation is 1. The molecule has 0 saturated heterocycles. The van der Waals surface area contributed by atoms with Gasteiger partial charge < -0.3 is 10.2 Å². The van der Waals surface area contributed by atoms with Gasteiger partial charge in [0.2, 0.25) is 0 Å². The van der Waals surface area contributed by atoms with Crippen molar-refractivity contribution >= 4 is 22.9 Å². The molecule has 1 heterocycles. The van der Waals surface area contributed by atoms with Gasteiger partial charge in [-0.25, -0.2) is 0 Å². The van der Waals surface area contributed by atoms with Crippen LogP contribution in [0.5, 0.6) is 11.5 Å². The molecule has 0 aliphatic carbocycles. The van der Waals surface area contributed by atoms with Gasteiger partial charge in [0.05, 0.1) is 5.70 Å². The minimum Gasteiger partial charge on any atom is -0.508 e.